The number of aromatic nitrogens is 3. The average Bonchev–Trinajstić information content (AvgIpc) is 3.22. The molecule has 0 aliphatic carbocycles. The molecule has 0 spiro atoms. The van der Waals surface area contributed by atoms with Gasteiger partial charge < -0.3 is 10.2 Å². The van der Waals surface area contributed by atoms with Crippen LogP contribution in [0.4, 0.5) is 0 Å². The molecule has 0 bridgehead atoms. The molecule has 6 nitrogen and oxygen atoms in total. The maximum absolute atomic E-state index is 12.4. The van der Waals surface area contributed by atoms with Gasteiger partial charge in [0, 0.05) is 43.5 Å². The summed E-state index contributed by atoms with van der Waals surface area (Å²) in [6.07, 6.45) is 5.14. The summed E-state index contributed by atoms with van der Waals surface area (Å²) in [4.78, 5) is 19.7. The number of carbonyl (C=O) groups excluding carboxylic acids is 1. The number of rotatable bonds is 6. The molecule has 2 aromatic heterocycles. The fourth-order valence-electron chi connectivity index (χ4n) is 3.01. The number of carbonyl (C=O) groups is 1. The van der Waals surface area contributed by atoms with Gasteiger partial charge in [-0.2, -0.15) is 5.10 Å². The van der Waals surface area contributed by atoms with Crippen molar-refractivity contribution in [3.63, 3.8) is 0 Å². The van der Waals surface area contributed by atoms with Crippen LogP contribution < -0.4 is 5.32 Å². The summed E-state index contributed by atoms with van der Waals surface area (Å²) < 4.78 is 1.76. The molecule has 3 rings (SSSR count). The zero-order valence-electron chi connectivity index (χ0n) is 14.4. The predicted molar refractivity (Wildman–Crippen MR) is 95.3 cm³/mol. The van der Waals surface area contributed by atoms with Crippen molar-refractivity contribution >= 4 is 17.2 Å². The molecule has 1 N–H and O–H groups in total. The molecular formula is C17H25N5OS. The average molecular weight is 347 g/mol. The van der Waals surface area contributed by atoms with Gasteiger partial charge in [0.1, 0.15) is 6.54 Å². The number of likely N-dealkylation sites (N-methyl/N-ethyl adjacent to an activating group) is 1. The Balaban J connectivity index is 1.50. The summed E-state index contributed by atoms with van der Waals surface area (Å²) in [7, 11) is 1.86. The van der Waals surface area contributed by atoms with Gasteiger partial charge >= 0.3 is 0 Å². The van der Waals surface area contributed by atoms with Crippen molar-refractivity contribution < 1.29 is 4.79 Å². The zero-order chi connectivity index (χ0) is 16.9. The van der Waals surface area contributed by atoms with E-state index in [1.165, 1.54) is 17.7 Å². The highest BCUT2D eigenvalue weighted by molar-refractivity contribution is 7.09. The van der Waals surface area contributed by atoms with Gasteiger partial charge in [-0.1, -0.05) is 0 Å². The van der Waals surface area contributed by atoms with Gasteiger partial charge in [-0.25, -0.2) is 4.98 Å². The number of thiazole rings is 1. The van der Waals surface area contributed by atoms with E-state index < -0.39 is 0 Å². The van der Waals surface area contributed by atoms with Crippen LogP contribution in [0.2, 0.25) is 0 Å². The highest BCUT2D eigenvalue weighted by Gasteiger charge is 2.18. The summed E-state index contributed by atoms with van der Waals surface area (Å²) in [6.45, 7) is 5.11. The lowest BCUT2D eigenvalue weighted by Crippen LogP contribution is -2.32. The number of piperidine rings is 1. The van der Waals surface area contributed by atoms with Crippen molar-refractivity contribution in [2.45, 2.75) is 38.6 Å². The fraction of sp³-hybridized carbons (Fsp3) is 0.588. The molecular weight excluding hydrogens is 322 g/mol. The summed E-state index contributed by atoms with van der Waals surface area (Å²) in [5, 5.41) is 8.01. The first-order valence-corrected chi connectivity index (χ1v) is 9.38. The predicted octanol–water partition coefficient (Wildman–Crippen LogP) is 1.82. The van der Waals surface area contributed by atoms with E-state index in [9.17, 15) is 4.79 Å². The number of nitrogens with one attached hydrogen (secondary N) is 1. The monoisotopic (exact) mass is 347 g/mol. The highest BCUT2D eigenvalue weighted by Crippen LogP contribution is 2.21. The van der Waals surface area contributed by atoms with Crippen molar-refractivity contribution in [2.75, 3.05) is 26.7 Å². The fourth-order valence-corrected chi connectivity index (χ4v) is 3.78. The molecule has 130 valence electrons. The zero-order valence-corrected chi connectivity index (χ0v) is 15.2. The van der Waals surface area contributed by atoms with Crippen molar-refractivity contribution in [3.8, 4) is 0 Å². The SMILES string of the molecule is Cc1ncsc1CCN(C)C(=O)Cn1ccc([C@H]2CCCNC2)n1. The Morgan fingerprint density at radius 2 is 2.42 bits per heavy atom. The minimum absolute atomic E-state index is 0.0913. The van der Waals surface area contributed by atoms with Crippen LogP contribution in [0.5, 0.6) is 0 Å². The minimum atomic E-state index is 0.0913. The molecule has 1 aliphatic heterocycles. The summed E-state index contributed by atoms with van der Waals surface area (Å²) >= 11 is 1.65. The lowest BCUT2D eigenvalue weighted by atomic mass is 9.97. The summed E-state index contributed by atoms with van der Waals surface area (Å²) in [5.74, 6) is 0.565. The Kier molecular flexibility index (Phi) is 5.63. The molecule has 1 atom stereocenters. The van der Waals surface area contributed by atoms with Crippen LogP contribution in [-0.4, -0.2) is 52.3 Å². The second-order valence-electron chi connectivity index (χ2n) is 6.41. The van der Waals surface area contributed by atoms with E-state index in [1.807, 2.05) is 31.7 Å². The Bertz CT molecular complexity index is 674. The van der Waals surface area contributed by atoms with Crippen molar-refractivity contribution in [1.29, 1.82) is 0 Å². The highest BCUT2D eigenvalue weighted by atomic mass is 32.1. The van der Waals surface area contributed by atoms with Crippen LogP contribution in [-0.2, 0) is 17.8 Å². The smallest absolute Gasteiger partial charge is 0.244 e. The first-order valence-electron chi connectivity index (χ1n) is 8.50. The maximum Gasteiger partial charge on any atom is 0.244 e. The number of nitrogens with zero attached hydrogens (tertiary/aromatic N) is 4. The Morgan fingerprint density at radius 3 is 3.12 bits per heavy atom. The van der Waals surface area contributed by atoms with Gasteiger partial charge in [0.2, 0.25) is 5.91 Å². The van der Waals surface area contributed by atoms with Crippen LogP contribution >= 0.6 is 11.3 Å². The number of amides is 1. The molecule has 2 aromatic rings. The Hall–Kier alpha value is -1.73. The molecule has 7 heteroatoms. The van der Waals surface area contributed by atoms with Gasteiger partial charge in [-0.05, 0) is 32.4 Å². The van der Waals surface area contributed by atoms with Crippen molar-refractivity contribution in [2.24, 2.45) is 0 Å². The van der Waals surface area contributed by atoms with Crippen molar-refractivity contribution in [1.82, 2.24) is 25.0 Å². The normalized spacial score (nSPS) is 17.8. The van der Waals surface area contributed by atoms with Gasteiger partial charge in [0.05, 0.1) is 16.9 Å². The number of aryl methyl sites for hydroxylation is 1. The van der Waals surface area contributed by atoms with Gasteiger partial charge in [-0.15, -0.1) is 11.3 Å². The first-order chi connectivity index (χ1) is 11.6. The minimum Gasteiger partial charge on any atom is -0.344 e. The van der Waals surface area contributed by atoms with Gasteiger partial charge in [0.25, 0.3) is 0 Å². The van der Waals surface area contributed by atoms with Gasteiger partial charge in [0.15, 0.2) is 0 Å². The molecule has 0 saturated carbocycles. The molecule has 24 heavy (non-hydrogen) atoms. The molecule has 0 unspecified atom stereocenters. The number of hydrogen-bond acceptors (Lipinski definition) is 5. The van der Waals surface area contributed by atoms with Crippen LogP contribution in [0.15, 0.2) is 17.8 Å². The van der Waals surface area contributed by atoms with Gasteiger partial charge in [-0.3, -0.25) is 9.48 Å². The third-order valence-corrected chi connectivity index (χ3v) is 5.61. The van der Waals surface area contributed by atoms with Crippen LogP contribution in [0.3, 0.4) is 0 Å². The lowest BCUT2D eigenvalue weighted by molar-refractivity contribution is -0.130. The standard InChI is InChI=1S/C17H25N5OS/c1-13-16(24-12-19-13)6-8-21(2)17(23)11-22-9-5-15(20-22)14-4-3-7-18-10-14/h5,9,12,14,18H,3-4,6-8,10-11H2,1-2H3/t14-/m0/s1. The largest absolute Gasteiger partial charge is 0.344 e. The Labute approximate surface area is 146 Å². The van der Waals surface area contributed by atoms with Crippen LogP contribution in [0.1, 0.15) is 35.0 Å². The second-order valence-corrected chi connectivity index (χ2v) is 7.35. The summed E-state index contributed by atoms with van der Waals surface area (Å²) in [5.41, 5.74) is 4.02. The van der Waals surface area contributed by atoms with E-state index in [-0.39, 0.29) is 5.91 Å². The molecule has 1 aliphatic rings. The summed E-state index contributed by atoms with van der Waals surface area (Å²) in [6, 6.07) is 2.05. The van der Waals surface area contributed by atoms with E-state index in [4.69, 9.17) is 0 Å². The van der Waals surface area contributed by atoms with E-state index in [0.29, 0.717) is 19.0 Å². The maximum atomic E-state index is 12.4. The molecule has 3 heterocycles. The molecule has 1 saturated heterocycles. The quantitative estimate of drug-likeness (QED) is 0.866. The van der Waals surface area contributed by atoms with E-state index >= 15 is 0 Å². The third-order valence-electron chi connectivity index (χ3n) is 4.62. The van der Waals surface area contributed by atoms with E-state index in [1.54, 1.807) is 20.9 Å². The molecule has 1 amide bonds. The molecule has 1 fully saturated rings. The topological polar surface area (TPSA) is 63.1 Å². The second kappa shape index (κ2) is 7.90. The number of hydrogen-bond donors (Lipinski definition) is 1. The van der Waals surface area contributed by atoms with Crippen LogP contribution in [0.25, 0.3) is 0 Å². The van der Waals surface area contributed by atoms with Crippen molar-refractivity contribution in [3.05, 3.63) is 34.0 Å². The van der Waals surface area contributed by atoms with Crippen LogP contribution in [0, 0.1) is 6.92 Å². The van der Waals surface area contributed by atoms with E-state index in [2.05, 4.69) is 15.4 Å². The first kappa shape index (κ1) is 17.1. The lowest BCUT2D eigenvalue weighted by Gasteiger charge is -2.21. The Morgan fingerprint density at radius 1 is 1.54 bits per heavy atom. The van der Waals surface area contributed by atoms with E-state index in [0.717, 1.165) is 30.9 Å². The molecule has 0 radical (unpaired) electrons. The molecule has 0 aromatic carbocycles. The third kappa shape index (κ3) is 4.21.